The van der Waals surface area contributed by atoms with Crippen LogP contribution >= 0.6 is 0 Å². The highest BCUT2D eigenvalue weighted by Crippen LogP contribution is 2.43. The van der Waals surface area contributed by atoms with Crippen molar-refractivity contribution in [1.82, 2.24) is 0 Å². The smallest absolute Gasteiger partial charge is 0.136 e. The van der Waals surface area contributed by atoms with Crippen molar-refractivity contribution < 1.29 is 8.83 Å². The van der Waals surface area contributed by atoms with Crippen LogP contribution in [0.5, 0.6) is 0 Å². The lowest BCUT2D eigenvalue weighted by atomic mass is 9.88. The number of fused-ring (bicyclic) bond motifs is 18. The molecule has 0 atom stereocenters. The van der Waals surface area contributed by atoms with Crippen LogP contribution in [-0.4, -0.2) is 0 Å². The minimum atomic E-state index is 0.859. The van der Waals surface area contributed by atoms with Gasteiger partial charge in [-0.1, -0.05) is 146 Å². The van der Waals surface area contributed by atoms with Crippen molar-refractivity contribution in [2.24, 2.45) is 0 Å². The molecular weight excluding hydrogens is 753 g/mol. The summed E-state index contributed by atoms with van der Waals surface area (Å²) in [7, 11) is 0. The molecule has 2 nitrogen and oxygen atoms in total. The van der Waals surface area contributed by atoms with Gasteiger partial charge in [-0.25, -0.2) is 0 Å². The monoisotopic (exact) mass is 786 g/mol. The minimum absolute atomic E-state index is 0.859. The van der Waals surface area contributed by atoms with E-state index < -0.39 is 0 Å². The lowest BCUT2D eigenvalue weighted by Crippen LogP contribution is -1.89. The van der Waals surface area contributed by atoms with Crippen LogP contribution in [0.25, 0.3) is 142 Å². The topological polar surface area (TPSA) is 26.3 Å². The van der Waals surface area contributed by atoms with Gasteiger partial charge in [0.05, 0.1) is 0 Å². The summed E-state index contributed by atoms with van der Waals surface area (Å²) < 4.78 is 12.9. The average molecular weight is 787 g/mol. The quantitative estimate of drug-likeness (QED) is 0.167. The van der Waals surface area contributed by atoms with Crippen LogP contribution in [-0.2, 0) is 0 Å². The number of hydrogen-bond donors (Lipinski definition) is 0. The molecule has 2 aromatic heterocycles. The zero-order valence-electron chi connectivity index (χ0n) is 33.4. The van der Waals surface area contributed by atoms with Crippen molar-refractivity contribution in [3.8, 4) is 33.4 Å². The first-order valence-electron chi connectivity index (χ1n) is 21.3. The lowest BCUT2D eigenvalue weighted by molar-refractivity contribution is 0.664. The fourth-order valence-corrected chi connectivity index (χ4v) is 10.5. The second kappa shape index (κ2) is 12.7. The molecule has 14 rings (SSSR count). The molecule has 2 heterocycles. The Bertz CT molecular complexity index is 3970. The van der Waals surface area contributed by atoms with Crippen LogP contribution in [0, 0.1) is 0 Å². The van der Waals surface area contributed by atoms with Gasteiger partial charge < -0.3 is 8.83 Å². The van der Waals surface area contributed by atoms with E-state index in [0.29, 0.717) is 0 Å². The first kappa shape index (κ1) is 33.6. The van der Waals surface area contributed by atoms with Crippen molar-refractivity contribution in [2.75, 3.05) is 0 Å². The van der Waals surface area contributed by atoms with E-state index >= 15 is 0 Å². The van der Waals surface area contributed by atoms with E-state index in [0.717, 1.165) is 55.0 Å². The number of hydrogen-bond acceptors (Lipinski definition) is 2. The Morgan fingerprint density at radius 3 is 0.887 bits per heavy atom. The summed E-state index contributed by atoms with van der Waals surface area (Å²) in [4.78, 5) is 0. The molecule has 286 valence electrons. The van der Waals surface area contributed by atoms with Crippen LogP contribution in [0.1, 0.15) is 0 Å². The first-order chi connectivity index (χ1) is 30.7. The summed E-state index contributed by atoms with van der Waals surface area (Å²) in [5, 5.41) is 19.5. The second-order valence-electron chi connectivity index (χ2n) is 16.8. The second-order valence-corrected chi connectivity index (χ2v) is 16.8. The Hall–Kier alpha value is -8.20. The Morgan fingerprint density at radius 1 is 0.161 bits per heavy atom. The van der Waals surface area contributed by atoms with Crippen LogP contribution in [0.4, 0.5) is 0 Å². The van der Waals surface area contributed by atoms with Crippen molar-refractivity contribution in [2.45, 2.75) is 0 Å². The Morgan fingerprint density at radius 2 is 0.452 bits per heavy atom. The number of benzene rings is 12. The average Bonchev–Trinajstić information content (AvgIpc) is 3.89. The maximum atomic E-state index is 6.53. The first-order valence-corrected chi connectivity index (χ1v) is 21.3. The highest BCUT2D eigenvalue weighted by Gasteiger charge is 2.17. The van der Waals surface area contributed by atoms with E-state index in [1.165, 1.54) is 86.9 Å². The van der Waals surface area contributed by atoms with Gasteiger partial charge in [-0.2, -0.15) is 0 Å². The normalized spacial score (nSPS) is 12.2. The molecule has 62 heavy (non-hydrogen) atoms. The van der Waals surface area contributed by atoms with Gasteiger partial charge in [0.25, 0.3) is 0 Å². The Kier molecular flexibility index (Phi) is 6.86. The molecule has 0 N–H and O–H groups in total. The van der Waals surface area contributed by atoms with Gasteiger partial charge in [-0.3, -0.25) is 0 Å². The van der Waals surface area contributed by atoms with Gasteiger partial charge in [-0.15, -0.1) is 0 Å². The van der Waals surface area contributed by atoms with Gasteiger partial charge in [-0.05, 0) is 159 Å². The van der Waals surface area contributed by atoms with Crippen LogP contribution in [0.3, 0.4) is 0 Å². The van der Waals surface area contributed by atoms with Crippen molar-refractivity contribution in [3.63, 3.8) is 0 Å². The molecule has 0 aliphatic carbocycles. The maximum absolute atomic E-state index is 6.53. The molecule has 14 aromatic rings. The molecule has 0 amide bonds. The van der Waals surface area contributed by atoms with Crippen molar-refractivity contribution in [3.05, 3.63) is 206 Å². The molecule has 0 unspecified atom stereocenters. The van der Waals surface area contributed by atoms with Crippen LogP contribution in [0.15, 0.2) is 215 Å². The molecule has 0 radical (unpaired) electrons. The fourth-order valence-electron chi connectivity index (χ4n) is 10.5. The Balaban J connectivity index is 1.01. The standard InChI is InChI=1S/C60H34O2/c1-3-15-45-41(11-1)43-13-5-7-17-47(43)52-30-35(21-24-49(45)52)38-27-39(36-22-25-50-46-16-4-2-12-42(46)44-14-6-8-18-48(44)53(50)31-36)29-40(28-38)37-23-26-58-54(32-37)56-34-59-55(33-60(56)62-58)51-19-9-10-20-57(51)61-59/h1-34H. The third-order valence-electron chi connectivity index (χ3n) is 13.4. The molecule has 0 saturated carbocycles. The van der Waals surface area contributed by atoms with Crippen LogP contribution in [0.2, 0.25) is 0 Å². The van der Waals surface area contributed by atoms with Gasteiger partial charge >= 0.3 is 0 Å². The molecular formula is C60H34O2. The molecule has 0 saturated heterocycles. The summed E-state index contributed by atoms with van der Waals surface area (Å²) in [5.74, 6) is 0. The fraction of sp³-hybridized carbons (Fsp3) is 0. The minimum Gasteiger partial charge on any atom is -0.456 e. The summed E-state index contributed by atoms with van der Waals surface area (Å²) >= 11 is 0. The molecule has 12 aromatic carbocycles. The SMILES string of the molecule is c1ccc2c(c1)oc1cc3c(cc12)oc1ccc(-c2cc(-c4ccc5c6ccccc6c6ccccc6c5c4)cc(-c4ccc5c6ccccc6c6ccccc6c5c4)c2)cc13. The number of furan rings is 2. The third kappa shape index (κ3) is 4.86. The molecule has 0 spiro atoms. The third-order valence-corrected chi connectivity index (χ3v) is 13.4. The number of para-hydroxylation sites is 1. The molecule has 0 fully saturated rings. The van der Waals surface area contributed by atoms with Crippen molar-refractivity contribution in [1.29, 1.82) is 0 Å². The zero-order valence-corrected chi connectivity index (χ0v) is 33.4. The van der Waals surface area contributed by atoms with Crippen LogP contribution < -0.4 is 0 Å². The zero-order chi connectivity index (χ0) is 40.5. The molecule has 0 aliphatic heterocycles. The summed E-state index contributed by atoms with van der Waals surface area (Å²) in [5.41, 5.74) is 10.4. The van der Waals surface area contributed by atoms with E-state index in [2.05, 4.69) is 194 Å². The van der Waals surface area contributed by atoms with Gasteiger partial charge in [0, 0.05) is 21.5 Å². The summed E-state index contributed by atoms with van der Waals surface area (Å²) in [6.07, 6.45) is 0. The summed E-state index contributed by atoms with van der Waals surface area (Å²) in [6.45, 7) is 0. The predicted octanol–water partition coefficient (Wildman–Crippen LogP) is 17.4. The number of rotatable bonds is 3. The summed E-state index contributed by atoms with van der Waals surface area (Å²) in [6, 6.07) is 75.5. The lowest BCUT2D eigenvalue weighted by Gasteiger charge is -2.15. The highest BCUT2D eigenvalue weighted by atomic mass is 16.3. The highest BCUT2D eigenvalue weighted by molar-refractivity contribution is 6.27. The molecule has 0 bridgehead atoms. The van der Waals surface area contributed by atoms with E-state index in [9.17, 15) is 0 Å². The molecule has 0 aliphatic rings. The van der Waals surface area contributed by atoms with E-state index in [1.807, 2.05) is 12.1 Å². The van der Waals surface area contributed by atoms with E-state index in [1.54, 1.807) is 0 Å². The van der Waals surface area contributed by atoms with E-state index in [4.69, 9.17) is 8.83 Å². The Labute approximate surface area is 355 Å². The van der Waals surface area contributed by atoms with E-state index in [-0.39, 0.29) is 0 Å². The maximum Gasteiger partial charge on any atom is 0.136 e. The van der Waals surface area contributed by atoms with Gasteiger partial charge in [0.1, 0.15) is 22.3 Å². The molecule has 2 heteroatoms. The van der Waals surface area contributed by atoms with Gasteiger partial charge in [0.15, 0.2) is 0 Å². The predicted molar refractivity (Wildman–Crippen MR) is 262 cm³/mol. The largest absolute Gasteiger partial charge is 0.456 e. The van der Waals surface area contributed by atoms with Crippen molar-refractivity contribution >= 4 is 109 Å². The van der Waals surface area contributed by atoms with Gasteiger partial charge in [0.2, 0.25) is 0 Å².